The fourth-order valence-corrected chi connectivity index (χ4v) is 5.46. The first-order valence-electron chi connectivity index (χ1n) is 11.3. The van der Waals surface area contributed by atoms with Crippen LogP contribution in [0.1, 0.15) is 116 Å². The van der Waals surface area contributed by atoms with Crippen molar-refractivity contribution < 1.29 is 0 Å². The molecule has 0 aliphatic heterocycles. The van der Waals surface area contributed by atoms with Gasteiger partial charge in [-0.1, -0.05) is 107 Å². The number of hydrogen-bond acceptors (Lipinski definition) is 0. The van der Waals surface area contributed by atoms with Gasteiger partial charge in [0.25, 0.3) is 0 Å². The first-order chi connectivity index (χ1) is 13.0. The van der Waals surface area contributed by atoms with Gasteiger partial charge in [0.15, 0.2) is 0 Å². The van der Waals surface area contributed by atoms with Crippen molar-refractivity contribution in [3.63, 3.8) is 0 Å². The number of benzene rings is 2. The van der Waals surface area contributed by atoms with Crippen LogP contribution >= 0.6 is 0 Å². The van der Waals surface area contributed by atoms with E-state index in [1.54, 1.807) is 27.8 Å². The molecule has 0 N–H and O–H groups in total. The van der Waals surface area contributed by atoms with Gasteiger partial charge in [-0.2, -0.15) is 0 Å². The molecule has 0 radical (unpaired) electrons. The molecular weight excluding hydrogens is 348 g/mol. The van der Waals surface area contributed by atoms with Gasteiger partial charge in [0, 0.05) is 0 Å². The summed E-state index contributed by atoms with van der Waals surface area (Å²) in [5.74, 6) is 0. The molecule has 0 amide bonds. The lowest BCUT2D eigenvalue weighted by Gasteiger charge is -2.43. The van der Waals surface area contributed by atoms with Gasteiger partial charge in [-0.05, 0) is 72.6 Å². The molecule has 0 nitrogen and oxygen atoms in total. The second kappa shape index (κ2) is 6.47. The highest BCUT2D eigenvalue weighted by atomic mass is 14.5. The molecule has 1 aliphatic rings. The van der Waals surface area contributed by atoms with E-state index in [1.165, 1.54) is 16.7 Å². The molecule has 0 fully saturated rings. The summed E-state index contributed by atoms with van der Waals surface area (Å²) in [6.07, 6.45) is 1.06. The molecule has 3 rings (SSSR count). The second-order valence-corrected chi connectivity index (χ2v) is 13.2. The molecule has 0 heterocycles. The van der Waals surface area contributed by atoms with Crippen LogP contribution < -0.4 is 0 Å². The third-order valence-corrected chi connectivity index (χ3v) is 6.26. The lowest BCUT2D eigenvalue weighted by atomic mass is 9.61. The molecule has 1 aliphatic carbocycles. The van der Waals surface area contributed by atoms with Gasteiger partial charge in [0.05, 0.1) is 0 Å². The zero-order chi connectivity index (χ0) is 22.2. The summed E-state index contributed by atoms with van der Waals surface area (Å²) >= 11 is 0. The maximum absolute atomic E-state index is 2.41. The normalized spacial score (nSPS) is 14.8. The molecule has 0 atom stereocenters. The zero-order valence-electron chi connectivity index (χ0n) is 21.0. The smallest absolute Gasteiger partial charge is 0.00103 e. The minimum absolute atomic E-state index is 0.0811. The molecule has 0 bridgehead atoms. The van der Waals surface area contributed by atoms with E-state index in [2.05, 4.69) is 107 Å². The summed E-state index contributed by atoms with van der Waals surface area (Å²) in [4.78, 5) is 0. The average molecular weight is 391 g/mol. The number of rotatable bonds is 0. The van der Waals surface area contributed by atoms with E-state index in [0.29, 0.717) is 0 Å². The Hall–Kier alpha value is -1.56. The molecule has 2 aromatic rings. The molecule has 2 aromatic carbocycles. The van der Waals surface area contributed by atoms with Crippen molar-refractivity contribution in [1.29, 1.82) is 0 Å². The van der Waals surface area contributed by atoms with E-state index < -0.39 is 0 Å². The predicted molar refractivity (Wildman–Crippen MR) is 129 cm³/mol. The Kier molecular flexibility index (Phi) is 4.94. The molecular formula is C29H42. The summed E-state index contributed by atoms with van der Waals surface area (Å²) in [5, 5.41) is 0. The van der Waals surface area contributed by atoms with Gasteiger partial charge in [-0.25, -0.2) is 0 Å². The van der Waals surface area contributed by atoms with Crippen LogP contribution in [0.15, 0.2) is 24.3 Å². The fraction of sp³-hybridized carbons (Fsp3) is 0.586. The van der Waals surface area contributed by atoms with E-state index in [4.69, 9.17) is 0 Å². The molecule has 0 saturated heterocycles. The quantitative estimate of drug-likeness (QED) is 0.361. The summed E-state index contributed by atoms with van der Waals surface area (Å²) in [5.41, 5.74) is 12.8. The molecule has 0 heteroatoms. The van der Waals surface area contributed by atoms with Crippen molar-refractivity contribution in [2.75, 3.05) is 0 Å². The summed E-state index contributed by atoms with van der Waals surface area (Å²) < 4.78 is 0. The maximum Gasteiger partial charge on any atom is -0.00103 e. The lowest BCUT2D eigenvalue weighted by molar-refractivity contribution is 0.476. The Balaban J connectivity index is 2.70. The fourth-order valence-electron chi connectivity index (χ4n) is 5.46. The third kappa shape index (κ3) is 3.69. The molecule has 29 heavy (non-hydrogen) atoms. The average Bonchev–Trinajstić information content (AvgIpc) is 2.87. The third-order valence-electron chi connectivity index (χ3n) is 6.26. The Morgan fingerprint density at radius 3 is 1.38 bits per heavy atom. The van der Waals surface area contributed by atoms with Gasteiger partial charge in [0.2, 0.25) is 0 Å². The highest BCUT2D eigenvalue weighted by molar-refractivity contribution is 5.85. The Morgan fingerprint density at radius 1 is 0.517 bits per heavy atom. The second-order valence-electron chi connectivity index (χ2n) is 13.2. The van der Waals surface area contributed by atoms with E-state index in [1.807, 2.05) is 0 Å². The highest BCUT2D eigenvalue weighted by Gasteiger charge is 2.42. The van der Waals surface area contributed by atoms with Crippen molar-refractivity contribution in [2.45, 2.75) is 111 Å². The van der Waals surface area contributed by atoms with E-state index in [0.717, 1.165) is 6.42 Å². The molecule has 0 saturated carbocycles. The van der Waals surface area contributed by atoms with Crippen molar-refractivity contribution in [1.82, 2.24) is 0 Å². The highest BCUT2D eigenvalue weighted by Crippen LogP contribution is 2.54. The molecule has 0 aromatic heterocycles. The minimum atomic E-state index is 0.0811. The number of hydrogen-bond donors (Lipinski definition) is 0. The van der Waals surface area contributed by atoms with Crippen LogP contribution in [-0.4, -0.2) is 0 Å². The van der Waals surface area contributed by atoms with Crippen LogP contribution in [0, 0.1) is 0 Å². The van der Waals surface area contributed by atoms with Crippen LogP contribution in [0.25, 0.3) is 11.1 Å². The molecule has 158 valence electrons. The van der Waals surface area contributed by atoms with E-state index >= 15 is 0 Å². The van der Waals surface area contributed by atoms with E-state index in [-0.39, 0.29) is 21.7 Å². The lowest BCUT2D eigenvalue weighted by Crippen LogP contribution is -2.33. The molecule has 0 spiro atoms. The summed E-state index contributed by atoms with van der Waals surface area (Å²) in [7, 11) is 0. The van der Waals surface area contributed by atoms with Crippen molar-refractivity contribution in [3.8, 4) is 11.1 Å². The topological polar surface area (TPSA) is 0 Å². The zero-order valence-corrected chi connectivity index (χ0v) is 21.0. The van der Waals surface area contributed by atoms with Gasteiger partial charge in [-0.3, -0.25) is 0 Å². The van der Waals surface area contributed by atoms with Crippen LogP contribution in [-0.2, 0) is 28.1 Å². The SMILES string of the molecule is CC(C)(C)c1c2c(c(C(C)(C)C)c(C(C)(C)C)c1C(C)(C)C)-c1ccccc1C2. The van der Waals surface area contributed by atoms with Gasteiger partial charge < -0.3 is 0 Å². The van der Waals surface area contributed by atoms with Crippen molar-refractivity contribution in [2.24, 2.45) is 0 Å². The standard InChI is InChI=1S/C29H42/c1-26(2,3)22-20-17-18-15-13-14-16-19(18)21(20)23(27(4,5)6)25(29(10,11)12)24(22)28(7,8)9/h13-16H,17H2,1-12H3. The van der Waals surface area contributed by atoms with Crippen LogP contribution in [0.5, 0.6) is 0 Å². The predicted octanol–water partition coefficient (Wildman–Crippen LogP) is 8.45. The van der Waals surface area contributed by atoms with Gasteiger partial charge in [0.1, 0.15) is 0 Å². The van der Waals surface area contributed by atoms with Crippen LogP contribution in [0.4, 0.5) is 0 Å². The van der Waals surface area contributed by atoms with Crippen LogP contribution in [0.2, 0.25) is 0 Å². The first-order valence-corrected chi connectivity index (χ1v) is 11.3. The van der Waals surface area contributed by atoms with Crippen molar-refractivity contribution >= 4 is 0 Å². The number of fused-ring (bicyclic) bond motifs is 3. The Bertz CT molecular complexity index is 942. The monoisotopic (exact) mass is 390 g/mol. The van der Waals surface area contributed by atoms with E-state index in [9.17, 15) is 0 Å². The van der Waals surface area contributed by atoms with Gasteiger partial charge in [-0.15, -0.1) is 0 Å². The summed E-state index contributed by atoms with van der Waals surface area (Å²) in [6.45, 7) is 28.9. The Morgan fingerprint density at radius 2 is 0.931 bits per heavy atom. The molecule has 0 unspecified atom stereocenters. The first kappa shape index (κ1) is 22.1. The van der Waals surface area contributed by atoms with Crippen LogP contribution in [0.3, 0.4) is 0 Å². The van der Waals surface area contributed by atoms with Gasteiger partial charge >= 0.3 is 0 Å². The Labute approximate surface area is 180 Å². The van der Waals surface area contributed by atoms with Crippen molar-refractivity contribution in [3.05, 3.63) is 57.6 Å². The minimum Gasteiger partial charge on any atom is -0.0619 e. The maximum atomic E-state index is 2.41. The largest absolute Gasteiger partial charge is 0.0619 e. The summed E-state index contributed by atoms with van der Waals surface area (Å²) in [6, 6.07) is 9.10.